The van der Waals surface area contributed by atoms with Gasteiger partial charge in [-0.05, 0) is 53.4 Å². The first-order valence-corrected chi connectivity index (χ1v) is 15.1. The molecule has 3 heterocycles. The Balaban J connectivity index is 0.000000163. The highest BCUT2D eigenvalue weighted by Gasteiger charge is 2.31. The van der Waals surface area contributed by atoms with E-state index in [-0.39, 0.29) is 0 Å². The van der Waals surface area contributed by atoms with Gasteiger partial charge in [0.1, 0.15) is 23.9 Å². The largest absolute Gasteiger partial charge is 0.453 e. The van der Waals surface area contributed by atoms with Crippen LogP contribution >= 0.6 is 0 Å². The fourth-order valence-electron chi connectivity index (χ4n) is 5.75. The number of para-hydroxylation sites is 3. The van der Waals surface area contributed by atoms with E-state index in [0.29, 0.717) is 13.5 Å². The minimum Gasteiger partial charge on any atom is -0.453 e. The molecule has 8 rings (SSSR count). The number of pyridine rings is 1. The zero-order valence-electron chi connectivity index (χ0n) is 25.1. The average molecular weight is 588 g/mol. The smallest absolute Gasteiger partial charge is 0.325 e. The molecule has 5 aromatic carbocycles. The molecular formula is C40H33N3O2+2. The molecule has 0 N–H and O–H groups in total. The first kappa shape index (κ1) is 28.0. The van der Waals surface area contributed by atoms with Crippen molar-refractivity contribution in [3.05, 3.63) is 174 Å². The van der Waals surface area contributed by atoms with Crippen molar-refractivity contribution in [1.82, 2.24) is 4.98 Å². The van der Waals surface area contributed by atoms with Crippen LogP contribution in [0.1, 0.15) is 22.3 Å². The Morgan fingerprint density at radius 1 is 0.556 bits per heavy atom. The van der Waals surface area contributed by atoms with E-state index >= 15 is 0 Å². The lowest BCUT2D eigenvalue weighted by Gasteiger charge is -2.21. The summed E-state index contributed by atoms with van der Waals surface area (Å²) in [4.78, 5) is 4.31. The molecule has 5 heteroatoms. The third-order valence-electron chi connectivity index (χ3n) is 7.91. The lowest BCUT2D eigenvalue weighted by atomic mass is 9.94. The molecule has 2 aliphatic heterocycles. The molecule has 0 saturated heterocycles. The Labute approximate surface area is 263 Å². The minimum absolute atomic E-state index is 0.477. The molecule has 0 amide bonds. The van der Waals surface area contributed by atoms with Crippen molar-refractivity contribution >= 4 is 23.4 Å². The van der Waals surface area contributed by atoms with Crippen LogP contribution in [0.15, 0.2) is 152 Å². The molecule has 5 nitrogen and oxygen atoms in total. The van der Waals surface area contributed by atoms with E-state index in [0.717, 1.165) is 39.7 Å². The van der Waals surface area contributed by atoms with E-state index in [9.17, 15) is 0 Å². The Hall–Kier alpha value is -5.81. The Morgan fingerprint density at radius 3 is 1.93 bits per heavy atom. The van der Waals surface area contributed by atoms with Crippen molar-refractivity contribution in [2.45, 2.75) is 6.92 Å². The zero-order valence-corrected chi connectivity index (χ0v) is 25.1. The highest BCUT2D eigenvalue weighted by Crippen LogP contribution is 2.37. The topological polar surface area (TPSA) is 37.4 Å². The third kappa shape index (κ3) is 5.89. The van der Waals surface area contributed by atoms with Gasteiger partial charge in [0.15, 0.2) is 0 Å². The molecule has 218 valence electrons. The van der Waals surface area contributed by atoms with E-state index in [1.807, 2.05) is 41.0 Å². The first-order valence-electron chi connectivity index (χ1n) is 15.1. The monoisotopic (exact) mass is 587 g/mol. The zero-order chi connectivity index (χ0) is 30.4. The Bertz CT molecular complexity index is 1990. The van der Waals surface area contributed by atoms with Gasteiger partial charge in [0.25, 0.3) is 6.73 Å². The molecule has 0 bridgehead atoms. The van der Waals surface area contributed by atoms with Crippen molar-refractivity contribution in [1.29, 1.82) is 0 Å². The van der Waals surface area contributed by atoms with Crippen molar-refractivity contribution in [2.75, 3.05) is 13.5 Å². The van der Waals surface area contributed by atoms with Crippen LogP contribution < -0.4 is 9.47 Å². The van der Waals surface area contributed by atoms with Gasteiger partial charge in [0.05, 0.1) is 11.1 Å². The second-order valence-corrected chi connectivity index (χ2v) is 10.9. The van der Waals surface area contributed by atoms with Crippen LogP contribution in [0.4, 0.5) is 11.5 Å². The molecular weight excluding hydrogens is 554 g/mol. The number of aryl methyl sites for hydroxylation is 1. The summed E-state index contributed by atoms with van der Waals surface area (Å²) in [6, 6.07) is 49.8. The number of aromatic nitrogens is 1. The highest BCUT2D eigenvalue weighted by atomic mass is 16.5. The summed E-state index contributed by atoms with van der Waals surface area (Å²) in [5.41, 5.74) is 9.15. The van der Waals surface area contributed by atoms with E-state index in [1.165, 1.54) is 22.4 Å². The van der Waals surface area contributed by atoms with Crippen molar-refractivity contribution in [3.8, 4) is 22.6 Å². The molecule has 0 aliphatic carbocycles. The Kier molecular flexibility index (Phi) is 7.97. The van der Waals surface area contributed by atoms with E-state index in [2.05, 4.69) is 132 Å². The molecule has 45 heavy (non-hydrogen) atoms. The van der Waals surface area contributed by atoms with Crippen LogP contribution in [-0.2, 0) is 0 Å². The van der Waals surface area contributed by atoms with Crippen LogP contribution in [0.5, 0.6) is 11.5 Å². The van der Waals surface area contributed by atoms with E-state index in [1.54, 1.807) is 6.20 Å². The fourth-order valence-corrected chi connectivity index (χ4v) is 5.75. The summed E-state index contributed by atoms with van der Waals surface area (Å²) in [5.74, 6) is 2.82. The summed E-state index contributed by atoms with van der Waals surface area (Å²) >= 11 is 0. The SMILES string of the molecule is Cc1cccc2c1OC[N+](c1ccccn1)=C2.c1ccc(C2=[N+](c3ccccc3)COc3c2cccc3-c2ccccc2)cc1. The van der Waals surface area contributed by atoms with Crippen LogP contribution in [-0.4, -0.2) is 39.5 Å². The molecule has 0 radical (unpaired) electrons. The number of ether oxygens (including phenoxy) is 2. The number of benzene rings is 5. The number of nitrogens with zero attached hydrogens (tertiary/aromatic N) is 3. The van der Waals surface area contributed by atoms with Gasteiger partial charge in [0, 0.05) is 29.3 Å². The maximum Gasteiger partial charge on any atom is 0.325 e. The second-order valence-electron chi connectivity index (χ2n) is 10.9. The van der Waals surface area contributed by atoms with Gasteiger partial charge in [-0.1, -0.05) is 97.1 Å². The predicted molar refractivity (Wildman–Crippen MR) is 179 cm³/mol. The van der Waals surface area contributed by atoms with Gasteiger partial charge in [-0.15, -0.1) is 0 Å². The third-order valence-corrected chi connectivity index (χ3v) is 7.91. The van der Waals surface area contributed by atoms with Crippen molar-refractivity contribution in [2.24, 2.45) is 0 Å². The maximum atomic E-state index is 6.33. The minimum atomic E-state index is 0.477. The summed E-state index contributed by atoms with van der Waals surface area (Å²) in [6.07, 6.45) is 3.86. The lowest BCUT2D eigenvalue weighted by Crippen LogP contribution is -2.29. The van der Waals surface area contributed by atoms with Gasteiger partial charge in [-0.3, -0.25) is 0 Å². The number of rotatable bonds is 4. The lowest BCUT2D eigenvalue weighted by molar-refractivity contribution is -0.480. The standard InChI is InChI=1S/C26H20NO.C14H13N2O/c1-4-11-20(12-5-1)23-17-10-18-24-25(21-13-6-2-7-14-21)27(19-28-26(23)24)22-15-8-3-9-16-22;1-11-5-4-6-12-9-16(10-17-14(11)12)13-7-2-3-8-15-13/h1-18H,19H2;2-9H,10H2,1H3/q2*+1. The van der Waals surface area contributed by atoms with E-state index < -0.39 is 0 Å². The Morgan fingerprint density at radius 2 is 1.20 bits per heavy atom. The molecule has 1 aromatic heterocycles. The van der Waals surface area contributed by atoms with Gasteiger partial charge in [0.2, 0.25) is 18.1 Å². The first-order chi connectivity index (χ1) is 22.3. The van der Waals surface area contributed by atoms with Crippen LogP contribution in [0, 0.1) is 6.92 Å². The molecule has 0 atom stereocenters. The summed E-state index contributed by atoms with van der Waals surface area (Å²) < 4.78 is 16.4. The molecule has 0 saturated carbocycles. The van der Waals surface area contributed by atoms with Gasteiger partial charge in [-0.2, -0.15) is 9.15 Å². The van der Waals surface area contributed by atoms with Crippen LogP contribution in [0.3, 0.4) is 0 Å². The van der Waals surface area contributed by atoms with Crippen molar-refractivity contribution in [3.63, 3.8) is 0 Å². The number of hydrogen-bond acceptors (Lipinski definition) is 3. The van der Waals surface area contributed by atoms with Crippen molar-refractivity contribution < 1.29 is 18.6 Å². The highest BCUT2D eigenvalue weighted by molar-refractivity contribution is 6.13. The molecule has 6 aromatic rings. The van der Waals surface area contributed by atoms with Crippen LogP contribution in [0.2, 0.25) is 0 Å². The predicted octanol–water partition coefficient (Wildman–Crippen LogP) is 8.39. The number of fused-ring (bicyclic) bond motifs is 2. The van der Waals surface area contributed by atoms with Crippen LogP contribution in [0.25, 0.3) is 11.1 Å². The average Bonchev–Trinajstić information content (AvgIpc) is 3.12. The summed E-state index contributed by atoms with van der Waals surface area (Å²) in [5, 5.41) is 0. The fraction of sp³-hybridized carbons (Fsp3) is 0.0750. The quantitative estimate of drug-likeness (QED) is 0.195. The molecule has 0 spiro atoms. The van der Waals surface area contributed by atoms with Gasteiger partial charge >= 0.3 is 5.82 Å². The van der Waals surface area contributed by atoms with E-state index in [4.69, 9.17) is 9.47 Å². The molecule has 2 aliphatic rings. The summed E-state index contributed by atoms with van der Waals surface area (Å²) in [6.45, 7) is 3.04. The molecule has 0 unspecified atom stereocenters. The maximum absolute atomic E-state index is 6.33. The second kappa shape index (κ2) is 12.8. The molecule has 0 fully saturated rings. The van der Waals surface area contributed by atoms with Gasteiger partial charge in [-0.25, -0.2) is 0 Å². The van der Waals surface area contributed by atoms with Gasteiger partial charge < -0.3 is 9.47 Å². The number of hydrogen-bond donors (Lipinski definition) is 0. The normalized spacial score (nSPS) is 13.2. The summed E-state index contributed by atoms with van der Waals surface area (Å²) in [7, 11) is 0.